The third-order valence-corrected chi connectivity index (χ3v) is 5.47. The van der Waals surface area contributed by atoms with Gasteiger partial charge in [0.25, 0.3) is 5.91 Å². The van der Waals surface area contributed by atoms with Gasteiger partial charge in [-0.25, -0.2) is 0 Å². The highest BCUT2D eigenvalue weighted by Gasteiger charge is 2.46. The molecule has 0 radical (unpaired) electrons. The van der Waals surface area contributed by atoms with Crippen molar-refractivity contribution in [3.63, 3.8) is 0 Å². The molecule has 2 aliphatic heterocycles. The van der Waals surface area contributed by atoms with E-state index in [4.69, 9.17) is 14.2 Å². The van der Waals surface area contributed by atoms with Crippen molar-refractivity contribution < 1.29 is 28.9 Å². The first-order valence-corrected chi connectivity index (χ1v) is 10.3. The summed E-state index contributed by atoms with van der Waals surface area (Å²) in [7, 11) is 1.55. The number of hydrogen-bond donors (Lipinski definition) is 2. The van der Waals surface area contributed by atoms with Gasteiger partial charge in [0, 0.05) is 17.7 Å². The molecule has 2 aliphatic rings. The number of ketones is 1. The molecule has 0 aromatic heterocycles. The highest BCUT2D eigenvalue weighted by atomic mass is 16.7. The number of carbonyl (C=O) groups is 2. The van der Waals surface area contributed by atoms with Gasteiger partial charge in [-0.3, -0.25) is 9.59 Å². The molecule has 1 saturated heterocycles. The quantitative estimate of drug-likeness (QED) is 0.663. The summed E-state index contributed by atoms with van der Waals surface area (Å²) in [6, 6.07) is 12.1. The largest absolute Gasteiger partial charge is 0.493 e. The van der Waals surface area contributed by atoms with Gasteiger partial charge in [-0.1, -0.05) is 30.3 Å². The molecule has 0 aliphatic carbocycles. The van der Waals surface area contributed by atoms with E-state index in [9.17, 15) is 14.7 Å². The minimum atomic E-state index is -1.87. The molecular weight excluding hydrogens is 398 g/mol. The van der Waals surface area contributed by atoms with E-state index in [-0.39, 0.29) is 18.5 Å². The zero-order valence-corrected chi connectivity index (χ0v) is 17.3. The first-order valence-electron chi connectivity index (χ1n) is 10.3. The summed E-state index contributed by atoms with van der Waals surface area (Å²) in [5.74, 6) is 0.144. The minimum absolute atomic E-state index is 0.285. The summed E-state index contributed by atoms with van der Waals surface area (Å²) in [4.78, 5) is 24.8. The number of fused-ring (bicyclic) bond motifs is 1. The van der Waals surface area contributed by atoms with E-state index in [1.165, 1.54) is 6.08 Å². The van der Waals surface area contributed by atoms with Gasteiger partial charge in [0.05, 0.1) is 20.1 Å². The maximum Gasteiger partial charge on any atom is 0.261 e. The Hall–Kier alpha value is -3.16. The molecule has 0 spiro atoms. The van der Waals surface area contributed by atoms with E-state index < -0.39 is 11.5 Å². The summed E-state index contributed by atoms with van der Waals surface area (Å²) in [6.07, 6.45) is 5.27. The summed E-state index contributed by atoms with van der Waals surface area (Å²) >= 11 is 0. The van der Waals surface area contributed by atoms with Crippen LogP contribution in [0.2, 0.25) is 0 Å². The molecule has 0 bridgehead atoms. The Morgan fingerprint density at radius 1 is 1.26 bits per heavy atom. The Morgan fingerprint density at radius 3 is 2.87 bits per heavy atom. The molecule has 1 fully saturated rings. The third-order valence-electron chi connectivity index (χ3n) is 5.47. The van der Waals surface area contributed by atoms with E-state index >= 15 is 0 Å². The van der Waals surface area contributed by atoms with Crippen LogP contribution in [-0.2, 0) is 19.9 Å². The predicted octanol–water partition coefficient (Wildman–Crippen LogP) is 3.41. The predicted molar refractivity (Wildman–Crippen MR) is 115 cm³/mol. The van der Waals surface area contributed by atoms with Crippen LogP contribution in [0.25, 0.3) is 6.08 Å². The maximum absolute atomic E-state index is 12.5. The van der Waals surface area contributed by atoms with Gasteiger partial charge in [0.1, 0.15) is 0 Å². The number of anilines is 1. The standard InChI is InChI=1S/C24H25NO6/c1-29-21-14-16(10-12-20(21)31-22-8-4-5-13-30-22)9-11-17(26)15-24(28)18-6-2-3-7-19(18)25-23(24)27/h2-3,6-7,9-12,14,22,28H,4-5,8,13,15H2,1H3,(H,25,27)/b11-9+. The Balaban J connectivity index is 1.44. The fourth-order valence-corrected chi connectivity index (χ4v) is 3.81. The minimum Gasteiger partial charge on any atom is -0.493 e. The normalized spacial score (nSPS) is 22.8. The van der Waals surface area contributed by atoms with Crippen LogP contribution in [0.4, 0.5) is 5.69 Å². The van der Waals surface area contributed by atoms with E-state index in [1.807, 2.05) is 0 Å². The van der Waals surface area contributed by atoms with Crippen molar-refractivity contribution in [2.75, 3.05) is 19.0 Å². The van der Waals surface area contributed by atoms with Crippen LogP contribution in [0.15, 0.2) is 48.5 Å². The van der Waals surface area contributed by atoms with Crippen molar-refractivity contribution in [2.24, 2.45) is 0 Å². The van der Waals surface area contributed by atoms with Crippen LogP contribution in [0.3, 0.4) is 0 Å². The number of methoxy groups -OCH3 is 1. The van der Waals surface area contributed by atoms with Crippen LogP contribution in [0, 0.1) is 0 Å². The first-order chi connectivity index (χ1) is 15.0. The number of rotatable bonds is 7. The average molecular weight is 423 g/mol. The molecule has 1 amide bonds. The molecule has 2 atom stereocenters. The molecule has 2 heterocycles. The number of amides is 1. The second-order valence-corrected chi connectivity index (χ2v) is 7.66. The monoisotopic (exact) mass is 423 g/mol. The topological polar surface area (TPSA) is 94.1 Å². The number of allylic oxidation sites excluding steroid dienone is 1. The van der Waals surface area contributed by atoms with Gasteiger partial charge in [-0.2, -0.15) is 0 Å². The number of para-hydroxylation sites is 1. The molecule has 7 nitrogen and oxygen atoms in total. The lowest BCUT2D eigenvalue weighted by Gasteiger charge is -2.24. The first kappa shape index (κ1) is 21.1. The SMILES string of the molecule is COc1cc(/C=C/C(=O)CC2(O)C(=O)Nc3ccccc32)ccc1OC1CCCCO1. The fraction of sp³-hybridized carbons (Fsp3) is 0.333. The van der Waals surface area contributed by atoms with Crippen LogP contribution in [-0.4, -0.2) is 36.8 Å². The van der Waals surface area contributed by atoms with Gasteiger partial charge >= 0.3 is 0 Å². The van der Waals surface area contributed by atoms with Gasteiger partial charge < -0.3 is 24.6 Å². The molecule has 2 N–H and O–H groups in total. The smallest absolute Gasteiger partial charge is 0.261 e. The molecular formula is C24H25NO6. The lowest BCUT2D eigenvalue weighted by atomic mass is 9.90. The van der Waals surface area contributed by atoms with Crippen LogP contribution in [0.5, 0.6) is 11.5 Å². The summed E-state index contributed by atoms with van der Waals surface area (Å²) in [5.41, 5.74) is -0.206. The number of ether oxygens (including phenoxy) is 3. The van der Waals surface area contributed by atoms with Crippen LogP contribution in [0.1, 0.15) is 36.8 Å². The maximum atomic E-state index is 12.5. The molecule has 0 saturated carbocycles. The van der Waals surface area contributed by atoms with Crippen molar-refractivity contribution in [2.45, 2.75) is 37.6 Å². The second-order valence-electron chi connectivity index (χ2n) is 7.66. The van der Waals surface area contributed by atoms with Crippen molar-refractivity contribution in [3.8, 4) is 11.5 Å². The molecule has 2 aromatic rings. The van der Waals surface area contributed by atoms with Gasteiger partial charge in [0.2, 0.25) is 0 Å². The summed E-state index contributed by atoms with van der Waals surface area (Å²) in [5, 5.41) is 13.5. The lowest BCUT2D eigenvalue weighted by molar-refractivity contribution is -0.138. The molecule has 162 valence electrons. The number of aliphatic hydroxyl groups is 1. The van der Waals surface area contributed by atoms with Crippen molar-refractivity contribution >= 4 is 23.5 Å². The molecule has 2 unspecified atom stereocenters. The van der Waals surface area contributed by atoms with E-state index in [0.717, 1.165) is 24.8 Å². The Bertz CT molecular complexity index is 1010. The molecule has 31 heavy (non-hydrogen) atoms. The zero-order valence-electron chi connectivity index (χ0n) is 17.3. The third kappa shape index (κ3) is 4.47. The molecule has 7 heteroatoms. The zero-order chi connectivity index (χ0) is 21.8. The fourth-order valence-electron chi connectivity index (χ4n) is 3.81. The Labute approximate surface area is 180 Å². The highest BCUT2D eigenvalue weighted by molar-refractivity contribution is 6.08. The van der Waals surface area contributed by atoms with Gasteiger partial charge in [0.15, 0.2) is 29.2 Å². The molecule has 2 aromatic carbocycles. The van der Waals surface area contributed by atoms with Gasteiger partial charge in [-0.15, -0.1) is 0 Å². The van der Waals surface area contributed by atoms with Crippen LogP contribution < -0.4 is 14.8 Å². The Kier molecular flexibility index (Phi) is 6.06. The second kappa shape index (κ2) is 8.91. The van der Waals surface area contributed by atoms with Crippen LogP contribution >= 0.6 is 0 Å². The lowest BCUT2D eigenvalue weighted by Crippen LogP contribution is -2.36. The molecule has 4 rings (SSSR count). The summed E-state index contributed by atoms with van der Waals surface area (Å²) in [6.45, 7) is 0.685. The van der Waals surface area contributed by atoms with Crippen molar-refractivity contribution in [1.29, 1.82) is 0 Å². The average Bonchev–Trinajstić information content (AvgIpc) is 3.03. The summed E-state index contributed by atoms with van der Waals surface area (Å²) < 4.78 is 16.9. The number of nitrogens with one attached hydrogen (secondary N) is 1. The van der Waals surface area contributed by atoms with E-state index in [2.05, 4.69) is 5.32 Å². The number of benzene rings is 2. The highest BCUT2D eigenvalue weighted by Crippen LogP contribution is 2.38. The van der Waals surface area contributed by atoms with E-state index in [0.29, 0.717) is 29.4 Å². The number of hydrogen-bond acceptors (Lipinski definition) is 6. The van der Waals surface area contributed by atoms with Crippen molar-refractivity contribution in [1.82, 2.24) is 0 Å². The number of carbonyl (C=O) groups excluding carboxylic acids is 2. The van der Waals surface area contributed by atoms with E-state index in [1.54, 1.807) is 55.7 Å². The Morgan fingerprint density at radius 2 is 2.10 bits per heavy atom. The van der Waals surface area contributed by atoms with Gasteiger partial charge in [-0.05, 0) is 42.7 Å². The van der Waals surface area contributed by atoms with Crippen molar-refractivity contribution in [3.05, 3.63) is 59.7 Å².